The standard InChI is InChI=1S/C17H28N2O/c1-13(2)15-6-8-19(9-7-15)12-16-10-14(11-18)4-5-17(16)20-3/h4-5,10,13,15H,6-9,11-12,18H2,1-3H3. The number of nitrogens with two attached hydrogens (primary N) is 1. The first-order valence-corrected chi connectivity index (χ1v) is 7.72. The van der Waals surface area contributed by atoms with Crippen LogP contribution in [0.3, 0.4) is 0 Å². The molecule has 0 bridgehead atoms. The largest absolute Gasteiger partial charge is 0.496 e. The molecule has 1 aliphatic rings. The highest BCUT2D eigenvalue weighted by Crippen LogP contribution is 2.27. The molecular formula is C17H28N2O. The second-order valence-corrected chi connectivity index (χ2v) is 6.21. The van der Waals surface area contributed by atoms with Crippen molar-refractivity contribution in [2.45, 2.75) is 39.8 Å². The summed E-state index contributed by atoms with van der Waals surface area (Å²) in [5.41, 5.74) is 8.18. The minimum absolute atomic E-state index is 0.590. The molecule has 1 saturated heterocycles. The van der Waals surface area contributed by atoms with E-state index >= 15 is 0 Å². The van der Waals surface area contributed by atoms with Crippen LogP contribution in [-0.4, -0.2) is 25.1 Å². The van der Waals surface area contributed by atoms with Gasteiger partial charge in [0.2, 0.25) is 0 Å². The molecule has 0 aliphatic carbocycles. The normalized spacial score (nSPS) is 17.6. The molecule has 3 nitrogen and oxygen atoms in total. The van der Waals surface area contributed by atoms with Crippen molar-refractivity contribution in [3.8, 4) is 5.75 Å². The van der Waals surface area contributed by atoms with Gasteiger partial charge in [0.05, 0.1) is 7.11 Å². The Hall–Kier alpha value is -1.06. The summed E-state index contributed by atoms with van der Waals surface area (Å²) in [6.07, 6.45) is 2.63. The third-order valence-corrected chi connectivity index (χ3v) is 4.55. The Bertz CT molecular complexity index is 423. The molecule has 2 rings (SSSR count). The Labute approximate surface area is 123 Å². The predicted molar refractivity (Wildman–Crippen MR) is 83.7 cm³/mol. The van der Waals surface area contributed by atoms with E-state index in [1.807, 2.05) is 12.1 Å². The molecule has 1 aliphatic heterocycles. The second kappa shape index (κ2) is 7.09. The lowest BCUT2D eigenvalue weighted by Crippen LogP contribution is -2.34. The lowest BCUT2D eigenvalue weighted by molar-refractivity contribution is 0.151. The Morgan fingerprint density at radius 1 is 1.30 bits per heavy atom. The van der Waals surface area contributed by atoms with Crippen molar-refractivity contribution in [1.82, 2.24) is 4.90 Å². The molecule has 0 aromatic heterocycles. The zero-order valence-corrected chi connectivity index (χ0v) is 13.1. The molecule has 0 unspecified atom stereocenters. The molecule has 2 N–H and O–H groups in total. The van der Waals surface area contributed by atoms with E-state index in [9.17, 15) is 0 Å². The maximum atomic E-state index is 5.74. The van der Waals surface area contributed by atoms with E-state index in [0.29, 0.717) is 6.54 Å². The summed E-state index contributed by atoms with van der Waals surface area (Å²) >= 11 is 0. The Kier molecular flexibility index (Phi) is 5.44. The fourth-order valence-electron chi connectivity index (χ4n) is 3.10. The Morgan fingerprint density at radius 2 is 2.00 bits per heavy atom. The number of nitrogens with zero attached hydrogens (tertiary/aromatic N) is 1. The van der Waals surface area contributed by atoms with Crippen LogP contribution in [0.5, 0.6) is 5.75 Å². The van der Waals surface area contributed by atoms with Crippen molar-refractivity contribution in [1.29, 1.82) is 0 Å². The summed E-state index contributed by atoms with van der Waals surface area (Å²) in [4.78, 5) is 2.54. The van der Waals surface area contributed by atoms with E-state index < -0.39 is 0 Å². The van der Waals surface area contributed by atoms with Gasteiger partial charge in [-0.25, -0.2) is 0 Å². The SMILES string of the molecule is COc1ccc(CN)cc1CN1CCC(C(C)C)CC1. The van der Waals surface area contributed by atoms with Gasteiger partial charge in [-0.2, -0.15) is 0 Å². The molecule has 0 spiro atoms. The van der Waals surface area contributed by atoms with Gasteiger partial charge >= 0.3 is 0 Å². The van der Waals surface area contributed by atoms with Crippen LogP contribution in [0.1, 0.15) is 37.8 Å². The first-order chi connectivity index (χ1) is 9.63. The van der Waals surface area contributed by atoms with Crippen LogP contribution in [0.25, 0.3) is 0 Å². The number of rotatable bonds is 5. The van der Waals surface area contributed by atoms with Crippen molar-refractivity contribution in [3.63, 3.8) is 0 Å². The molecule has 1 aromatic carbocycles. The first kappa shape index (κ1) is 15.3. The van der Waals surface area contributed by atoms with Gasteiger partial charge in [0.25, 0.3) is 0 Å². The highest BCUT2D eigenvalue weighted by atomic mass is 16.5. The number of benzene rings is 1. The summed E-state index contributed by atoms with van der Waals surface area (Å²) in [5, 5.41) is 0. The maximum Gasteiger partial charge on any atom is 0.123 e. The summed E-state index contributed by atoms with van der Waals surface area (Å²) in [6.45, 7) is 8.63. The monoisotopic (exact) mass is 276 g/mol. The number of methoxy groups -OCH3 is 1. The first-order valence-electron chi connectivity index (χ1n) is 7.72. The number of piperidine rings is 1. The van der Waals surface area contributed by atoms with Gasteiger partial charge in [-0.1, -0.05) is 19.9 Å². The fraction of sp³-hybridized carbons (Fsp3) is 0.647. The predicted octanol–water partition coefficient (Wildman–Crippen LogP) is 3.02. The van der Waals surface area contributed by atoms with Gasteiger partial charge in [0, 0.05) is 18.7 Å². The van der Waals surface area contributed by atoms with Gasteiger partial charge < -0.3 is 10.5 Å². The van der Waals surface area contributed by atoms with E-state index in [1.54, 1.807) is 7.11 Å². The number of likely N-dealkylation sites (tertiary alicyclic amines) is 1. The highest BCUT2D eigenvalue weighted by Gasteiger charge is 2.22. The summed E-state index contributed by atoms with van der Waals surface area (Å²) < 4.78 is 5.48. The van der Waals surface area contributed by atoms with Crippen LogP contribution in [0, 0.1) is 11.8 Å². The molecule has 1 aromatic rings. The molecule has 1 heterocycles. The van der Waals surface area contributed by atoms with Crippen molar-refractivity contribution in [2.75, 3.05) is 20.2 Å². The zero-order chi connectivity index (χ0) is 14.5. The van der Waals surface area contributed by atoms with Crippen molar-refractivity contribution in [3.05, 3.63) is 29.3 Å². The van der Waals surface area contributed by atoms with Crippen LogP contribution >= 0.6 is 0 Å². The topological polar surface area (TPSA) is 38.5 Å². The Morgan fingerprint density at radius 3 is 2.55 bits per heavy atom. The van der Waals surface area contributed by atoms with Crippen LogP contribution < -0.4 is 10.5 Å². The van der Waals surface area contributed by atoms with E-state index in [2.05, 4.69) is 24.8 Å². The van der Waals surface area contributed by atoms with Gasteiger partial charge in [0.15, 0.2) is 0 Å². The van der Waals surface area contributed by atoms with Crippen molar-refractivity contribution >= 4 is 0 Å². The minimum atomic E-state index is 0.590. The highest BCUT2D eigenvalue weighted by molar-refractivity contribution is 5.37. The molecule has 1 fully saturated rings. The fourth-order valence-corrected chi connectivity index (χ4v) is 3.10. The smallest absolute Gasteiger partial charge is 0.123 e. The van der Waals surface area contributed by atoms with E-state index in [4.69, 9.17) is 10.5 Å². The van der Waals surface area contributed by atoms with Crippen LogP contribution in [0.4, 0.5) is 0 Å². The van der Waals surface area contributed by atoms with Crippen LogP contribution in [-0.2, 0) is 13.1 Å². The average Bonchev–Trinajstić information content (AvgIpc) is 2.47. The minimum Gasteiger partial charge on any atom is -0.496 e. The third kappa shape index (κ3) is 3.74. The van der Waals surface area contributed by atoms with Gasteiger partial charge in [-0.3, -0.25) is 4.90 Å². The van der Waals surface area contributed by atoms with Crippen molar-refractivity contribution in [2.24, 2.45) is 17.6 Å². The molecule has 3 heteroatoms. The quantitative estimate of drug-likeness (QED) is 0.898. The second-order valence-electron chi connectivity index (χ2n) is 6.21. The molecular weight excluding hydrogens is 248 g/mol. The maximum absolute atomic E-state index is 5.74. The lowest BCUT2D eigenvalue weighted by Gasteiger charge is -2.34. The number of ether oxygens (including phenoxy) is 1. The summed E-state index contributed by atoms with van der Waals surface area (Å²) in [7, 11) is 1.74. The van der Waals surface area contributed by atoms with Gasteiger partial charge in [-0.05, 0) is 55.5 Å². The van der Waals surface area contributed by atoms with Crippen LogP contribution in [0.15, 0.2) is 18.2 Å². The van der Waals surface area contributed by atoms with Crippen molar-refractivity contribution < 1.29 is 4.74 Å². The summed E-state index contributed by atoms with van der Waals surface area (Å²) in [5.74, 6) is 2.68. The summed E-state index contributed by atoms with van der Waals surface area (Å²) in [6, 6.07) is 6.28. The Balaban J connectivity index is 2.00. The molecule has 0 saturated carbocycles. The molecule has 20 heavy (non-hydrogen) atoms. The zero-order valence-electron chi connectivity index (χ0n) is 13.1. The van der Waals surface area contributed by atoms with E-state index in [1.165, 1.54) is 37.1 Å². The van der Waals surface area contributed by atoms with Crippen LogP contribution in [0.2, 0.25) is 0 Å². The number of hydrogen-bond acceptors (Lipinski definition) is 3. The van der Waals surface area contributed by atoms with Gasteiger partial charge in [-0.15, -0.1) is 0 Å². The lowest BCUT2D eigenvalue weighted by atomic mass is 9.86. The molecule has 112 valence electrons. The number of hydrogen-bond donors (Lipinski definition) is 1. The molecule has 0 atom stereocenters. The average molecular weight is 276 g/mol. The molecule has 0 radical (unpaired) electrons. The van der Waals surface area contributed by atoms with E-state index in [0.717, 1.165) is 24.1 Å². The van der Waals surface area contributed by atoms with Gasteiger partial charge in [0.1, 0.15) is 5.75 Å². The molecule has 0 amide bonds. The third-order valence-electron chi connectivity index (χ3n) is 4.55. The van der Waals surface area contributed by atoms with E-state index in [-0.39, 0.29) is 0 Å².